The number of nitrogens with zero attached hydrogens (tertiary/aromatic N) is 3. The molecule has 6 nitrogen and oxygen atoms in total. The van der Waals surface area contributed by atoms with Gasteiger partial charge in [0.05, 0.1) is 4.92 Å². The van der Waals surface area contributed by atoms with Crippen molar-refractivity contribution in [1.29, 1.82) is 0 Å². The molecule has 2 rings (SSSR count). The van der Waals surface area contributed by atoms with Crippen LogP contribution in [0.15, 0.2) is 30.6 Å². The van der Waals surface area contributed by atoms with Gasteiger partial charge in [-0.25, -0.2) is 9.97 Å². The molecular formula is C10H6ClIN4O2. The van der Waals surface area contributed by atoms with Crippen LogP contribution >= 0.6 is 34.2 Å². The summed E-state index contributed by atoms with van der Waals surface area (Å²) in [5, 5.41) is 13.5. The standard InChI is InChI=1S/C10H6ClIN4O2/c11-9-8(16(17)18)10(14-5-13-9)15-7-3-1-6(12)2-4-7/h1-5H,(H,13,14,15). The molecule has 1 aromatic carbocycles. The lowest BCUT2D eigenvalue weighted by Gasteiger charge is -2.06. The van der Waals surface area contributed by atoms with Crippen LogP contribution in [0, 0.1) is 13.7 Å². The Bertz CT molecular complexity index is 591. The van der Waals surface area contributed by atoms with Crippen LogP contribution in [0.2, 0.25) is 5.15 Å². The van der Waals surface area contributed by atoms with Gasteiger partial charge in [-0.2, -0.15) is 0 Å². The maximum absolute atomic E-state index is 10.9. The van der Waals surface area contributed by atoms with E-state index in [1.165, 1.54) is 6.33 Å². The fraction of sp³-hybridized carbons (Fsp3) is 0. The zero-order valence-corrected chi connectivity index (χ0v) is 11.7. The molecule has 1 heterocycles. The fourth-order valence-electron chi connectivity index (χ4n) is 1.28. The number of benzene rings is 1. The first-order valence-electron chi connectivity index (χ1n) is 4.75. The topological polar surface area (TPSA) is 81.0 Å². The van der Waals surface area contributed by atoms with Gasteiger partial charge in [-0.15, -0.1) is 0 Å². The van der Waals surface area contributed by atoms with E-state index in [2.05, 4.69) is 37.9 Å². The molecule has 0 saturated carbocycles. The molecule has 0 amide bonds. The minimum Gasteiger partial charge on any atom is -0.334 e. The van der Waals surface area contributed by atoms with Gasteiger partial charge in [0.25, 0.3) is 0 Å². The van der Waals surface area contributed by atoms with E-state index < -0.39 is 4.92 Å². The van der Waals surface area contributed by atoms with Crippen molar-refractivity contribution in [2.45, 2.75) is 0 Å². The van der Waals surface area contributed by atoms with Gasteiger partial charge in [-0.05, 0) is 46.9 Å². The van der Waals surface area contributed by atoms with Gasteiger partial charge in [-0.1, -0.05) is 11.6 Å². The van der Waals surface area contributed by atoms with E-state index in [-0.39, 0.29) is 16.7 Å². The maximum Gasteiger partial charge on any atom is 0.348 e. The summed E-state index contributed by atoms with van der Waals surface area (Å²) in [5.41, 5.74) is 0.353. The Labute approximate surface area is 121 Å². The number of anilines is 2. The molecule has 18 heavy (non-hydrogen) atoms. The molecular weight excluding hydrogens is 370 g/mol. The van der Waals surface area contributed by atoms with Gasteiger partial charge in [0.1, 0.15) is 6.33 Å². The van der Waals surface area contributed by atoms with Gasteiger partial charge in [0, 0.05) is 9.26 Å². The molecule has 0 saturated heterocycles. The third kappa shape index (κ3) is 2.85. The molecule has 92 valence electrons. The third-order valence-corrected chi connectivity index (χ3v) is 3.06. The summed E-state index contributed by atoms with van der Waals surface area (Å²) in [6.45, 7) is 0. The van der Waals surface area contributed by atoms with E-state index in [9.17, 15) is 10.1 Å². The molecule has 0 aliphatic rings. The molecule has 0 fully saturated rings. The van der Waals surface area contributed by atoms with E-state index >= 15 is 0 Å². The second-order valence-electron chi connectivity index (χ2n) is 3.25. The molecule has 2 aromatic rings. The van der Waals surface area contributed by atoms with Gasteiger partial charge >= 0.3 is 5.69 Å². The quantitative estimate of drug-likeness (QED) is 0.384. The molecule has 0 unspecified atom stereocenters. The van der Waals surface area contributed by atoms with Crippen LogP contribution in [0.3, 0.4) is 0 Å². The van der Waals surface area contributed by atoms with Crippen LogP contribution in [0.1, 0.15) is 0 Å². The van der Waals surface area contributed by atoms with E-state index in [0.717, 1.165) is 3.57 Å². The van der Waals surface area contributed by atoms with Gasteiger partial charge in [0.15, 0.2) is 0 Å². The first kappa shape index (κ1) is 13.0. The Morgan fingerprint density at radius 1 is 1.28 bits per heavy atom. The van der Waals surface area contributed by atoms with Crippen molar-refractivity contribution >= 4 is 51.4 Å². The largest absolute Gasteiger partial charge is 0.348 e. The minimum absolute atomic E-state index is 0.0706. The van der Waals surface area contributed by atoms with Crippen molar-refractivity contribution in [1.82, 2.24) is 9.97 Å². The summed E-state index contributed by atoms with van der Waals surface area (Å²) < 4.78 is 1.06. The number of aromatic nitrogens is 2. The number of halogens is 2. The zero-order chi connectivity index (χ0) is 13.1. The van der Waals surface area contributed by atoms with E-state index in [4.69, 9.17) is 11.6 Å². The molecule has 0 aliphatic carbocycles. The van der Waals surface area contributed by atoms with Crippen molar-refractivity contribution in [3.05, 3.63) is 49.4 Å². The Kier molecular flexibility index (Phi) is 3.92. The van der Waals surface area contributed by atoms with Crippen LogP contribution in [0.5, 0.6) is 0 Å². The minimum atomic E-state index is -0.614. The third-order valence-electron chi connectivity index (χ3n) is 2.07. The first-order chi connectivity index (χ1) is 8.58. The van der Waals surface area contributed by atoms with E-state index in [1.807, 2.05) is 12.1 Å². The summed E-state index contributed by atoms with van der Waals surface area (Å²) in [6, 6.07) is 7.33. The van der Waals surface area contributed by atoms with Crippen molar-refractivity contribution in [2.75, 3.05) is 5.32 Å². The van der Waals surface area contributed by atoms with Crippen molar-refractivity contribution < 1.29 is 4.92 Å². The summed E-state index contributed by atoms with van der Waals surface area (Å²) in [4.78, 5) is 17.7. The lowest BCUT2D eigenvalue weighted by atomic mass is 10.3. The second-order valence-corrected chi connectivity index (χ2v) is 4.85. The highest BCUT2D eigenvalue weighted by atomic mass is 127. The van der Waals surface area contributed by atoms with E-state index in [1.54, 1.807) is 12.1 Å². The van der Waals surface area contributed by atoms with Gasteiger partial charge < -0.3 is 5.32 Å². The van der Waals surface area contributed by atoms with Crippen LogP contribution < -0.4 is 5.32 Å². The number of rotatable bonds is 3. The predicted molar refractivity (Wildman–Crippen MR) is 76.1 cm³/mol. The SMILES string of the molecule is O=[N+]([O-])c1c(Cl)ncnc1Nc1ccc(I)cc1. The summed E-state index contributed by atoms with van der Waals surface area (Å²) >= 11 is 7.85. The van der Waals surface area contributed by atoms with Crippen LogP contribution in [-0.2, 0) is 0 Å². The Hall–Kier alpha value is -1.48. The summed E-state index contributed by atoms with van der Waals surface area (Å²) in [5.74, 6) is 0.0706. The molecule has 0 aliphatic heterocycles. The van der Waals surface area contributed by atoms with Crippen molar-refractivity contribution in [3.8, 4) is 0 Å². The van der Waals surface area contributed by atoms with Crippen LogP contribution in [0.4, 0.5) is 17.2 Å². The lowest BCUT2D eigenvalue weighted by molar-refractivity contribution is -0.384. The smallest absolute Gasteiger partial charge is 0.334 e. The number of hydrogen-bond acceptors (Lipinski definition) is 5. The highest BCUT2D eigenvalue weighted by Crippen LogP contribution is 2.30. The first-order valence-corrected chi connectivity index (χ1v) is 6.21. The van der Waals surface area contributed by atoms with Gasteiger partial charge in [0.2, 0.25) is 11.0 Å². The Morgan fingerprint density at radius 2 is 1.94 bits per heavy atom. The van der Waals surface area contributed by atoms with Gasteiger partial charge in [-0.3, -0.25) is 10.1 Å². The highest BCUT2D eigenvalue weighted by molar-refractivity contribution is 14.1. The average molecular weight is 377 g/mol. The van der Waals surface area contributed by atoms with E-state index in [0.29, 0.717) is 5.69 Å². The Morgan fingerprint density at radius 3 is 2.56 bits per heavy atom. The molecule has 0 atom stereocenters. The highest BCUT2D eigenvalue weighted by Gasteiger charge is 2.21. The summed E-state index contributed by atoms with van der Waals surface area (Å²) in [6.07, 6.45) is 1.17. The van der Waals surface area contributed by atoms with Crippen LogP contribution in [-0.4, -0.2) is 14.9 Å². The second kappa shape index (κ2) is 5.44. The molecule has 0 spiro atoms. The number of nitro groups is 1. The average Bonchev–Trinajstić information content (AvgIpc) is 2.32. The summed E-state index contributed by atoms with van der Waals surface area (Å²) in [7, 11) is 0. The molecule has 0 radical (unpaired) electrons. The van der Waals surface area contributed by atoms with Crippen LogP contribution in [0.25, 0.3) is 0 Å². The molecule has 1 aromatic heterocycles. The lowest BCUT2D eigenvalue weighted by Crippen LogP contribution is -2.01. The van der Waals surface area contributed by atoms with Crippen molar-refractivity contribution in [2.24, 2.45) is 0 Å². The Balaban J connectivity index is 2.37. The number of nitrogens with one attached hydrogen (secondary N) is 1. The molecule has 1 N–H and O–H groups in total. The number of hydrogen-bond donors (Lipinski definition) is 1. The normalized spacial score (nSPS) is 10.1. The maximum atomic E-state index is 10.9. The molecule has 0 bridgehead atoms. The van der Waals surface area contributed by atoms with Crippen molar-refractivity contribution in [3.63, 3.8) is 0 Å². The molecule has 8 heteroatoms. The zero-order valence-electron chi connectivity index (χ0n) is 8.80. The predicted octanol–water partition coefficient (Wildman–Crippen LogP) is 3.39. The monoisotopic (exact) mass is 376 g/mol. The fourth-order valence-corrected chi connectivity index (χ4v) is 1.84.